The Balaban J connectivity index is 1.71. The van der Waals surface area contributed by atoms with E-state index in [1.165, 1.54) is 6.20 Å². The van der Waals surface area contributed by atoms with E-state index in [9.17, 15) is 15.0 Å². The Hall–Kier alpha value is -2.44. The molecule has 2 unspecified atom stereocenters. The van der Waals surface area contributed by atoms with Crippen LogP contribution in [0.1, 0.15) is 29.2 Å². The molecule has 128 valence electrons. The number of aromatic nitrogens is 1. The number of benzene rings is 1. The maximum atomic E-state index is 11.6. The Bertz CT molecular complexity index is 648. The maximum Gasteiger partial charge on any atom is 0.407 e. The van der Waals surface area contributed by atoms with Gasteiger partial charge in [0.1, 0.15) is 12.7 Å². The molecule has 0 aliphatic heterocycles. The number of alkyl carbamates (subject to hydrolysis) is 1. The summed E-state index contributed by atoms with van der Waals surface area (Å²) in [7, 11) is 0. The average molecular weight is 330 g/mol. The molecule has 0 spiro atoms. The second-order valence-electron chi connectivity index (χ2n) is 5.52. The molecular weight excluding hydrogens is 308 g/mol. The monoisotopic (exact) mass is 330 g/mol. The van der Waals surface area contributed by atoms with Crippen molar-refractivity contribution >= 4 is 6.09 Å². The van der Waals surface area contributed by atoms with Gasteiger partial charge in [-0.3, -0.25) is 4.98 Å². The number of aliphatic hydroxyl groups is 2. The summed E-state index contributed by atoms with van der Waals surface area (Å²) in [5.41, 5.74) is 2.33. The number of aryl methyl sites for hydroxylation is 1. The number of pyridine rings is 1. The van der Waals surface area contributed by atoms with Crippen LogP contribution in [0.3, 0.4) is 0 Å². The van der Waals surface area contributed by atoms with E-state index in [0.717, 1.165) is 11.1 Å². The highest BCUT2D eigenvalue weighted by molar-refractivity contribution is 5.67. The molecule has 0 saturated carbocycles. The molecule has 24 heavy (non-hydrogen) atoms. The van der Waals surface area contributed by atoms with Crippen molar-refractivity contribution < 1.29 is 19.7 Å². The molecule has 0 bridgehead atoms. The largest absolute Gasteiger partial charge is 0.445 e. The number of nitrogens with one attached hydrogen (secondary N) is 1. The van der Waals surface area contributed by atoms with E-state index in [4.69, 9.17) is 4.74 Å². The van der Waals surface area contributed by atoms with Crippen LogP contribution in [0.5, 0.6) is 0 Å². The Morgan fingerprint density at radius 3 is 2.71 bits per heavy atom. The molecular formula is C18H22N2O4. The van der Waals surface area contributed by atoms with Gasteiger partial charge in [-0.2, -0.15) is 0 Å². The third-order valence-corrected chi connectivity index (χ3v) is 3.68. The summed E-state index contributed by atoms with van der Waals surface area (Å²) < 4.78 is 5.07. The predicted octanol–water partition coefficient (Wildman–Crippen LogP) is 2.10. The van der Waals surface area contributed by atoms with E-state index in [2.05, 4.69) is 10.3 Å². The van der Waals surface area contributed by atoms with Crippen LogP contribution in [-0.2, 0) is 11.3 Å². The lowest BCUT2D eigenvalue weighted by atomic mass is 10.00. The standard InChI is InChI=1S/C18H22N2O4/c1-13-7-9-19-11-15(13)17(22)16(21)8-10-20-18(23)24-12-14-5-3-2-4-6-14/h2-7,9,11,16-17,21-22H,8,10,12H2,1H3,(H,20,23). The summed E-state index contributed by atoms with van der Waals surface area (Å²) in [5.74, 6) is 0. The van der Waals surface area contributed by atoms with E-state index in [1.807, 2.05) is 37.3 Å². The first-order valence-corrected chi connectivity index (χ1v) is 7.79. The van der Waals surface area contributed by atoms with Gasteiger partial charge in [0.2, 0.25) is 0 Å². The molecule has 6 nitrogen and oxygen atoms in total. The van der Waals surface area contributed by atoms with Gasteiger partial charge in [-0.15, -0.1) is 0 Å². The number of ether oxygens (including phenoxy) is 1. The Morgan fingerprint density at radius 2 is 2.00 bits per heavy atom. The van der Waals surface area contributed by atoms with Crippen LogP contribution in [0.2, 0.25) is 0 Å². The van der Waals surface area contributed by atoms with Crippen molar-refractivity contribution in [2.45, 2.75) is 32.2 Å². The van der Waals surface area contributed by atoms with E-state index in [0.29, 0.717) is 5.56 Å². The number of hydrogen-bond acceptors (Lipinski definition) is 5. The Labute approximate surface area is 141 Å². The lowest BCUT2D eigenvalue weighted by molar-refractivity contribution is 0.0131. The van der Waals surface area contributed by atoms with E-state index < -0.39 is 18.3 Å². The molecule has 0 aliphatic carbocycles. The maximum absolute atomic E-state index is 11.6. The molecule has 2 atom stereocenters. The number of hydrogen-bond donors (Lipinski definition) is 3. The Kier molecular flexibility index (Phi) is 6.72. The molecule has 0 fully saturated rings. The lowest BCUT2D eigenvalue weighted by Gasteiger charge is -2.19. The molecule has 2 rings (SSSR count). The summed E-state index contributed by atoms with van der Waals surface area (Å²) in [6, 6.07) is 11.1. The van der Waals surface area contributed by atoms with Crippen molar-refractivity contribution in [2.24, 2.45) is 0 Å². The van der Waals surface area contributed by atoms with Crippen LogP contribution < -0.4 is 5.32 Å². The first-order valence-electron chi connectivity index (χ1n) is 7.79. The first-order chi connectivity index (χ1) is 11.6. The minimum absolute atomic E-state index is 0.187. The van der Waals surface area contributed by atoms with Crippen LogP contribution in [0.4, 0.5) is 4.79 Å². The van der Waals surface area contributed by atoms with Crippen molar-refractivity contribution in [3.05, 3.63) is 65.5 Å². The zero-order valence-corrected chi connectivity index (χ0v) is 13.6. The van der Waals surface area contributed by atoms with Crippen LogP contribution in [-0.4, -0.2) is 33.9 Å². The van der Waals surface area contributed by atoms with Gasteiger partial charge in [-0.1, -0.05) is 30.3 Å². The zero-order chi connectivity index (χ0) is 17.4. The predicted molar refractivity (Wildman–Crippen MR) is 89.2 cm³/mol. The highest BCUT2D eigenvalue weighted by Crippen LogP contribution is 2.20. The van der Waals surface area contributed by atoms with Crippen LogP contribution in [0.15, 0.2) is 48.8 Å². The van der Waals surface area contributed by atoms with Crippen molar-refractivity contribution in [2.75, 3.05) is 6.54 Å². The molecule has 0 saturated heterocycles. The minimum atomic E-state index is -1.04. The van der Waals surface area contributed by atoms with Gasteiger partial charge in [0, 0.05) is 24.5 Å². The van der Waals surface area contributed by atoms with Crippen LogP contribution in [0.25, 0.3) is 0 Å². The summed E-state index contributed by atoms with van der Waals surface area (Å²) in [4.78, 5) is 15.6. The topological polar surface area (TPSA) is 91.7 Å². The molecule has 1 amide bonds. The molecule has 3 N–H and O–H groups in total. The lowest BCUT2D eigenvalue weighted by Crippen LogP contribution is -2.30. The fraction of sp³-hybridized carbons (Fsp3) is 0.333. The highest BCUT2D eigenvalue weighted by Gasteiger charge is 2.20. The number of carbonyl (C=O) groups is 1. The van der Waals surface area contributed by atoms with Crippen molar-refractivity contribution in [1.29, 1.82) is 0 Å². The number of carbonyl (C=O) groups excluding carboxylic acids is 1. The van der Waals surface area contributed by atoms with Crippen molar-refractivity contribution in [1.82, 2.24) is 10.3 Å². The van der Waals surface area contributed by atoms with Gasteiger partial charge in [0.15, 0.2) is 0 Å². The third kappa shape index (κ3) is 5.33. The number of aliphatic hydroxyl groups excluding tert-OH is 2. The zero-order valence-electron chi connectivity index (χ0n) is 13.6. The second kappa shape index (κ2) is 9.00. The molecule has 1 aromatic heterocycles. The average Bonchev–Trinajstić information content (AvgIpc) is 2.60. The van der Waals surface area contributed by atoms with E-state index in [1.54, 1.807) is 12.3 Å². The molecule has 1 heterocycles. The molecule has 2 aromatic rings. The fourth-order valence-electron chi connectivity index (χ4n) is 2.25. The minimum Gasteiger partial charge on any atom is -0.445 e. The van der Waals surface area contributed by atoms with Crippen molar-refractivity contribution in [3.63, 3.8) is 0 Å². The van der Waals surface area contributed by atoms with E-state index in [-0.39, 0.29) is 19.6 Å². The number of amides is 1. The smallest absolute Gasteiger partial charge is 0.407 e. The quantitative estimate of drug-likeness (QED) is 0.723. The summed E-state index contributed by atoms with van der Waals surface area (Å²) >= 11 is 0. The van der Waals surface area contributed by atoms with Crippen molar-refractivity contribution in [3.8, 4) is 0 Å². The molecule has 1 aromatic carbocycles. The van der Waals surface area contributed by atoms with Crippen LogP contribution >= 0.6 is 0 Å². The van der Waals surface area contributed by atoms with Gasteiger partial charge in [-0.05, 0) is 30.5 Å². The number of rotatable bonds is 7. The number of nitrogens with zero attached hydrogens (tertiary/aromatic N) is 1. The molecule has 0 aliphatic rings. The first kappa shape index (κ1) is 17.9. The second-order valence-corrected chi connectivity index (χ2v) is 5.52. The summed E-state index contributed by atoms with van der Waals surface area (Å²) in [6.07, 6.45) is 0.768. The van der Waals surface area contributed by atoms with Crippen LogP contribution in [0, 0.1) is 6.92 Å². The summed E-state index contributed by atoms with van der Waals surface area (Å²) in [6.45, 7) is 2.23. The molecule has 6 heteroatoms. The molecule has 0 radical (unpaired) electrons. The van der Waals surface area contributed by atoms with Gasteiger partial charge in [0.25, 0.3) is 0 Å². The summed E-state index contributed by atoms with van der Waals surface area (Å²) in [5, 5.41) is 22.8. The third-order valence-electron chi connectivity index (χ3n) is 3.68. The van der Waals surface area contributed by atoms with Gasteiger partial charge >= 0.3 is 6.09 Å². The van der Waals surface area contributed by atoms with Gasteiger partial charge in [0.05, 0.1) is 6.10 Å². The van der Waals surface area contributed by atoms with Gasteiger partial charge in [-0.25, -0.2) is 4.79 Å². The van der Waals surface area contributed by atoms with Gasteiger partial charge < -0.3 is 20.3 Å². The van der Waals surface area contributed by atoms with E-state index >= 15 is 0 Å². The SMILES string of the molecule is Cc1ccncc1C(O)C(O)CCNC(=O)OCc1ccccc1. The highest BCUT2D eigenvalue weighted by atomic mass is 16.5. The Morgan fingerprint density at radius 1 is 1.25 bits per heavy atom. The normalized spacial score (nSPS) is 13.1. The fourth-order valence-corrected chi connectivity index (χ4v) is 2.25.